The van der Waals surface area contributed by atoms with Crippen LogP contribution in [0.15, 0.2) is 54.6 Å². The zero-order chi connectivity index (χ0) is 35.2. The molecule has 1 aliphatic heterocycles. The molecule has 0 bridgehead atoms. The Morgan fingerprint density at radius 1 is 1.06 bits per heavy atom. The van der Waals surface area contributed by atoms with Gasteiger partial charge in [0.05, 0.1) is 35.1 Å². The zero-order valence-electron chi connectivity index (χ0n) is 28.6. The Morgan fingerprint density at radius 2 is 1.82 bits per heavy atom. The topological polar surface area (TPSA) is 157 Å². The number of aryl methyl sites for hydroxylation is 1. The van der Waals surface area contributed by atoms with Crippen LogP contribution >= 0.6 is 0 Å². The first kappa shape index (κ1) is 34.0. The zero-order valence-corrected chi connectivity index (χ0v) is 29.4. The highest BCUT2D eigenvalue weighted by Crippen LogP contribution is 2.47. The first-order valence-corrected chi connectivity index (χ1v) is 18.9. The van der Waals surface area contributed by atoms with Gasteiger partial charge < -0.3 is 19.7 Å². The number of sulfonamides is 1. The SMILES string of the molecule is COc1cc2nc(-c3ccccc3)nc(O[C@@H]3C[C@H]4C(=O)N[C@]5(C(=O)NS(=O)(=O)C6CC6)C[C@H]5C=CCCCCN(C)C(=O)[C@@H]4C3)c2cc1C. The molecule has 2 aromatic carbocycles. The number of allylic oxidation sites excluding steroid dienone is 1. The first-order valence-electron chi connectivity index (χ1n) is 17.4. The average molecular weight is 702 g/mol. The first-order chi connectivity index (χ1) is 24.0. The van der Waals surface area contributed by atoms with E-state index in [9.17, 15) is 22.8 Å². The van der Waals surface area contributed by atoms with Crippen LogP contribution in [0.5, 0.6) is 11.6 Å². The molecule has 0 saturated heterocycles. The van der Waals surface area contributed by atoms with Crippen molar-refractivity contribution < 1.29 is 32.3 Å². The minimum atomic E-state index is -3.83. The third-order valence-electron chi connectivity index (χ3n) is 10.5. The Labute approximate surface area is 292 Å². The summed E-state index contributed by atoms with van der Waals surface area (Å²) in [5.74, 6) is -1.74. The van der Waals surface area contributed by atoms with E-state index < -0.39 is 50.6 Å². The predicted octanol–water partition coefficient (Wildman–Crippen LogP) is 4.07. The van der Waals surface area contributed by atoms with Crippen molar-refractivity contribution >= 4 is 38.6 Å². The molecule has 264 valence electrons. The third-order valence-corrected chi connectivity index (χ3v) is 12.3. The number of hydrogen-bond acceptors (Lipinski definition) is 9. The maximum Gasteiger partial charge on any atom is 0.259 e. The van der Waals surface area contributed by atoms with Crippen LogP contribution < -0.4 is 19.5 Å². The lowest BCUT2D eigenvalue weighted by Gasteiger charge is -2.26. The van der Waals surface area contributed by atoms with E-state index in [0.29, 0.717) is 47.7 Å². The monoisotopic (exact) mass is 701 g/mol. The maximum atomic E-state index is 14.2. The van der Waals surface area contributed by atoms with Gasteiger partial charge in [-0.1, -0.05) is 42.5 Å². The molecule has 3 saturated carbocycles. The van der Waals surface area contributed by atoms with Gasteiger partial charge in [-0.3, -0.25) is 19.1 Å². The minimum absolute atomic E-state index is 0.163. The van der Waals surface area contributed by atoms with Gasteiger partial charge in [-0.2, -0.15) is 4.98 Å². The standard InChI is InChI=1S/C37H43N5O7S/c1-22-17-29-30(20-31(22)48-3)38-32(23-11-7-6-8-12-23)39-34(29)49-25-18-27-28(19-25)35(44)42(2)16-10-5-4-9-13-24-21-37(24,40-33(27)43)36(45)41-50(46,47)26-14-15-26/h6-9,11-13,17,20,24-28H,4-5,10,14-16,18-19,21H2,1-3H3,(H,40,43)(H,41,45)/t24-,25-,27-,28-,37-/m1/s1. The number of nitrogens with one attached hydrogen (secondary N) is 2. The molecule has 50 heavy (non-hydrogen) atoms. The number of carbonyl (C=O) groups is 3. The second-order valence-corrected chi connectivity index (χ2v) is 16.1. The lowest BCUT2D eigenvalue weighted by atomic mass is 9.93. The van der Waals surface area contributed by atoms with E-state index in [1.165, 1.54) is 0 Å². The number of benzene rings is 2. The van der Waals surface area contributed by atoms with Gasteiger partial charge in [0.15, 0.2) is 5.82 Å². The van der Waals surface area contributed by atoms with Gasteiger partial charge >= 0.3 is 0 Å². The highest BCUT2D eigenvalue weighted by Gasteiger charge is 2.62. The maximum absolute atomic E-state index is 14.2. The molecule has 3 fully saturated rings. The number of hydrogen-bond donors (Lipinski definition) is 2. The largest absolute Gasteiger partial charge is 0.496 e. The number of methoxy groups -OCH3 is 1. The molecule has 5 atom stereocenters. The molecule has 12 nitrogen and oxygen atoms in total. The minimum Gasteiger partial charge on any atom is -0.496 e. The summed E-state index contributed by atoms with van der Waals surface area (Å²) in [4.78, 5) is 53.1. The van der Waals surface area contributed by atoms with Gasteiger partial charge in [-0.25, -0.2) is 13.4 Å². The third kappa shape index (κ3) is 6.67. The molecule has 0 unspecified atom stereocenters. The summed E-state index contributed by atoms with van der Waals surface area (Å²) in [7, 11) is -0.471. The Morgan fingerprint density at radius 3 is 2.56 bits per heavy atom. The van der Waals surface area contributed by atoms with Crippen LogP contribution in [0.2, 0.25) is 0 Å². The van der Waals surface area contributed by atoms with Crippen molar-refractivity contribution in [3.05, 3.63) is 60.2 Å². The van der Waals surface area contributed by atoms with Crippen LogP contribution in [0.4, 0.5) is 0 Å². The molecule has 7 rings (SSSR count). The number of fused-ring (bicyclic) bond motifs is 3. The summed E-state index contributed by atoms with van der Waals surface area (Å²) in [5, 5.41) is 3.03. The van der Waals surface area contributed by atoms with Gasteiger partial charge in [-0.05, 0) is 69.9 Å². The lowest BCUT2D eigenvalue weighted by molar-refractivity contribution is -0.140. The van der Waals surface area contributed by atoms with E-state index in [4.69, 9.17) is 19.4 Å². The van der Waals surface area contributed by atoms with Gasteiger partial charge in [-0.15, -0.1) is 0 Å². The van der Waals surface area contributed by atoms with Crippen LogP contribution in [0.3, 0.4) is 0 Å². The Bertz CT molecular complexity index is 1970. The quantitative estimate of drug-likeness (QED) is 0.347. The van der Waals surface area contributed by atoms with Crippen molar-refractivity contribution in [3.8, 4) is 23.0 Å². The summed E-state index contributed by atoms with van der Waals surface area (Å²) in [5.41, 5.74) is 0.900. The molecule has 3 aromatic rings. The number of aromatic nitrogens is 2. The fourth-order valence-corrected chi connectivity index (χ4v) is 8.68. The van der Waals surface area contributed by atoms with E-state index in [0.717, 1.165) is 30.4 Å². The Balaban J connectivity index is 1.21. The number of carbonyl (C=O) groups excluding carboxylic acids is 3. The van der Waals surface area contributed by atoms with Crippen LogP contribution in [0, 0.1) is 24.7 Å². The number of ether oxygens (including phenoxy) is 2. The molecule has 13 heteroatoms. The average Bonchev–Trinajstić information content (AvgIpc) is 4.03. The van der Waals surface area contributed by atoms with Gasteiger partial charge in [0.2, 0.25) is 27.7 Å². The van der Waals surface area contributed by atoms with Crippen molar-refractivity contribution in [1.82, 2.24) is 24.9 Å². The normalized spacial score (nSPS) is 27.1. The number of amides is 3. The van der Waals surface area contributed by atoms with Crippen molar-refractivity contribution in [2.75, 3.05) is 20.7 Å². The molecule has 3 amide bonds. The van der Waals surface area contributed by atoms with E-state index in [1.54, 1.807) is 19.1 Å². The second-order valence-electron chi connectivity index (χ2n) is 14.1. The molecular formula is C37H43N5O7S. The summed E-state index contributed by atoms with van der Waals surface area (Å²) in [6.45, 7) is 2.48. The Hall–Kier alpha value is -4.52. The van der Waals surface area contributed by atoms with Crippen LogP contribution in [-0.4, -0.2) is 78.6 Å². The number of rotatable bonds is 7. The summed E-state index contributed by atoms with van der Waals surface area (Å²) in [6.07, 6.45) is 7.47. The molecule has 2 N–H and O–H groups in total. The second kappa shape index (κ2) is 13.3. The molecule has 1 aromatic heterocycles. The lowest BCUT2D eigenvalue weighted by Crippen LogP contribution is -2.54. The van der Waals surface area contributed by atoms with E-state index >= 15 is 0 Å². The van der Waals surface area contributed by atoms with Crippen molar-refractivity contribution in [3.63, 3.8) is 0 Å². The molecule has 3 aliphatic carbocycles. The summed E-state index contributed by atoms with van der Waals surface area (Å²) < 4.78 is 39.9. The van der Waals surface area contributed by atoms with Crippen molar-refractivity contribution in [1.29, 1.82) is 0 Å². The van der Waals surface area contributed by atoms with Gasteiger partial charge in [0.25, 0.3) is 5.91 Å². The van der Waals surface area contributed by atoms with Crippen LogP contribution in [0.25, 0.3) is 22.3 Å². The fourth-order valence-electron chi connectivity index (χ4n) is 7.31. The smallest absolute Gasteiger partial charge is 0.259 e. The van der Waals surface area contributed by atoms with Crippen molar-refractivity contribution in [2.24, 2.45) is 17.8 Å². The van der Waals surface area contributed by atoms with E-state index in [-0.39, 0.29) is 31.1 Å². The molecule has 0 spiro atoms. The highest BCUT2D eigenvalue weighted by molar-refractivity contribution is 7.91. The van der Waals surface area contributed by atoms with Crippen LogP contribution in [-0.2, 0) is 24.4 Å². The molecule has 4 aliphatic rings. The molecule has 0 radical (unpaired) electrons. The van der Waals surface area contributed by atoms with Crippen molar-refractivity contribution in [2.45, 2.75) is 75.2 Å². The predicted molar refractivity (Wildman–Crippen MR) is 187 cm³/mol. The Kier molecular flexibility index (Phi) is 9.04. The van der Waals surface area contributed by atoms with E-state index in [2.05, 4.69) is 10.0 Å². The summed E-state index contributed by atoms with van der Waals surface area (Å²) >= 11 is 0. The van der Waals surface area contributed by atoms with Crippen LogP contribution in [0.1, 0.15) is 56.9 Å². The number of nitrogens with zero attached hydrogens (tertiary/aromatic N) is 3. The van der Waals surface area contributed by atoms with Gasteiger partial charge in [0.1, 0.15) is 17.4 Å². The molecule has 2 heterocycles. The molecular weight excluding hydrogens is 659 g/mol. The summed E-state index contributed by atoms with van der Waals surface area (Å²) in [6, 6.07) is 13.3. The fraction of sp³-hybridized carbons (Fsp3) is 0.486. The van der Waals surface area contributed by atoms with Gasteiger partial charge in [0, 0.05) is 31.1 Å². The highest BCUT2D eigenvalue weighted by atomic mass is 32.2. The van der Waals surface area contributed by atoms with E-state index in [1.807, 2.05) is 61.5 Å².